The van der Waals surface area contributed by atoms with E-state index in [2.05, 4.69) is 5.32 Å². The molecule has 0 atom stereocenters. The fourth-order valence-corrected chi connectivity index (χ4v) is 4.11. The molecule has 1 N–H and O–H groups in total. The van der Waals surface area contributed by atoms with Crippen molar-refractivity contribution in [3.05, 3.63) is 42.2 Å². The van der Waals surface area contributed by atoms with Crippen LogP contribution in [0.4, 0.5) is 5.69 Å². The topological polar surface area (TPSA) is 88.8 Å². The minimum atomic E-state index is -3.69. The van der Waals surface area contributed by atoms with Crippen LogP contribution in [0.15, 0.2) is 45.9 Å². The largest absolute Gasteiger partial charge is 0.497 e. The zero-order valence-electron chi connectivity index (χ0n) is 13.9. The molecule has 25 heavy (non-hydrogen) atoms. The third-order valence-electron chi connectivity index (χ3n) is 4.06. The van der Waals surface area contributed by atoms with Crippen LogP contribution in [0, 0.1) is 0 Å². The molecule has 0 aliphatic carbocycles. The number of methoxy groups -OCH3 is 1. The number of sulfonamides is 1. The highest BCUT2D eigenvalue weighted by Crippen LogP contribution is 2.23. The number of nitrogens with zero attached hydrogens (tertiary/aromatic N) is 1. The van der Waals surface area contributed by atoms with Crippen molar-refractivity contribution < 1.29 is 22.4 Å². The van der Waals surface area contributed by atoms with Crippen LogP contribution in [0.3, 0.4) is 0 Å². The summed E-state index contributed by atoms with van der Waals surface area (Å²) in [4.78, 5) is 12.2. The Morgan fingerprint density at radius 3 is 2.40 bits per heavy atom. The molecule has 8 heteroatoms. The van der Waals surface area contributed by atoms with Gasteiger partial charge in [-0.3, -0.25) is 4.79 Å². The monoisotopic (exact) mass is 364 g/mol. The predicted molar refractivity (Wildman–Crippen MR) is 92.3 cm³/mol. The van der Waals surface area contributed by atoms with Gasteiger partial charge in [-0.05, 0) is 49.2 Å². The molecule has 3 rings (SSSR count). The molecule has 134 valence electrons. The Balaban J connectivity index is 1.72. The first kappa shape index (κ1) is 17.5. The number of ether oxygens (including phenoxy) is 1. The molecule has 2 aromatic rings. The average molecular weight is 364 g/mol. The third-order valence-corrected chi connectivity index (χ3v) is 5.84. The number of anilines is 1. The van der Waals surface area contributed by atoms with E-state index in [1.807, 2.05) is 0 Å². The van der Waals surface area contributed by atoms with Crippen molar-refractivity contribution in [1.82, 2.24) is 4.31 Å². The van der Waals surface area contributed by atoms with E-state index in [0.29, 0.717) is 24.5 Å². The van der Waals surface area contributed by atoms with Gasteiger partial charge < -0.3 is 14.5 Å². The molecule has 0 unspecified atom stereocenters. The van der Waals surface area contributed by atoms with Gasteiger partial charge >= 0.3 is 0 Å². The molecule has 2 heterocycles. The molecule has 1 aromatic carbocycles. The minimum Gasteiger partial charge on any atom is -0.497 e. The minimum absolute atomic E-state index is 0.0496. The molecule has 0 radical (unpaired) electrons. The lowest BCUT2D eigenvalue weighted by Crippen LogP contribution is -2.35. The fraction of sp³-hybridized carbons (Fsp3) is 0.353. The molecule has 0 bridgehead atoms. The first-order valence-electron chi connectivity index (χ1n) is 8.06. The van der Waals surface area contributed by atoms with E-state index in [4.69, 9.17) is 9.15 Å². The van der Waals surface area contributed by atoms with Crippen LogP contribution in [0.5, 0.6) is 5.75 Å². The van der Waals surface area contributed by atoms with E-state index in [1.54, 1.807) is 31.4 Å². The van der Waals surface area contributed by atoms with Gasteiger partial charge in [0.05, 0.1) is 7.11 Å². The Hall–Kier alpha value is -2.32. The van der Waals surface area contributed by atoms with Gasteiger partial charge in [-0.25, -0.2) is 8.42 Å². The Labute approximate surface area is 146 Å². The lowest BCUT2D eigenvalue weighted by atomic mass is 10.2. The van der Waals surface area contributed by atoms with Crippen molar-refractivity contribution in [3.8, 4) is 5.75 Å². The van der Waals surface area contributed by atoms with E-state index in [9.17, 15) is 13.2 Å². The van der Waals surface area contributed by atoms with Gasteiger partial charge in [-0.1, -0.05) is 6.42 Å². The van der Waals surface area contributed by atoms with Crippen LogP contribution < -0.4 is 10.1 Å². The van der Waals surface area contributed by atoms with E-state index < -0.39 is 15.9 Å². The summed E-state index contributed by atoms with van der Waals surface area (Å²) in [6, 6.07) is 9.49. The number of furan rings is 1. The van der Waals surface area contributed by atoms with Gasteiger partial charge in [0.15, 0.2) is 5.76 Å². The van der Waals surface area contributed by atoms with Gasteiger partial charge in [-0.15, -0.1) is 0 Å². The van der Waals surface area contributed by atoms with Crippen molar-refractivity contribution in [2.75, 3.05) is 25.5 Å². The molecular formula is C17H20N2O5S. The molecule has 1 aliphatic rings. The number of carbonyl (C=O) groups excluding carboxylic acids is 1. The van der Waals surface area contributed by atoms with Crippen LogP contribution in [0.2, 0.25) is 0 Å². The molecule has 1 saturated heterocycles. The van der Waals surface area contributed by atoms with Crippen molar-refractivity contribution in [1.29, 1.82) is 0 Å². The van der Waals surface area contributed by atoms with E-state index in [-0.39, 0.29) is 10.9 Å². The number of nitrogens with one attached hydrogen (secondary N) is 1. The van der Waals surface area contributed by atoms with Gasteiger partial charge in [-0.2, -0.15) is 4.31 Å². The highest BCUT2D eigenvalue weighted by molar-refractivity contribution is 7.89. The zero-order valence-corrected chi connectivity index (χ0v) is 14.7. The average Bonchev–Trinajstić information content (AvgIpc) is 3.14. The Bertz CT molecular complexity index is 836. The molecule has 0 saturated carbocycles. The van der Waals surface area contributed by atoms with Crippen molar-refractivity contribution >= 4 is 21.6 Å². The maximum Gasteiger partial charge on any atom is 0.291 e. The van der Waals surface area contributed by atoms with Gasteiger partial charge in [0.2, 0.25) is 5.09 Å². The quantitative estimate of drug-likeness (QED) is 0.881. The highest BCUT2D eigenvalue weighted by atomic mass is 32.2. The first-order valence-corrected chi connectivity index (χ1v) is 9.50. The summed E-state index contributed by atoms with van der Waals surface area (Å²) in [6.07, 6.45) is 2.70. The molecular weight excluding hydrogens is 344 g/mol. The predicted octanol–water partition coefficient (Wildman–Crippen LogP) is 2.72. The van der Waals surface area contributed by atoms with E-state index >= 15 is 0 Å². The first-order chi connectivity index (χ1) is 12.0. The Morgan fingerprint density at radius 1 is 1.08 bits per heavy atom. The molecule has 7 nitrogen and oxygen atoms in total. The van der Waals surface area contributed by atoms with Crippen molar-refractivity contribution in [2.24, 2.45) is 0 Å². The molecule has 1 fully saturated rings. The Kier molecular flexibility index (Phi) is 5.10. The van der Waals surface area contributed by atoms with Gasteiger partial charge in [0, 0.05) is 18.8 Å². The summed E-state index contributed by atoms with van der Waals surface area (Å²) in [5.41, 5.74) is 0.558. The van der Waals surface area contributed by atoms with Gasteiger partial charge in [0.25, 0.3) is 15.9 Å². The lowest BCUT2D eigenvalue weighted by molar-refractivity contribution is 0.0991. The summed E-state index contributed by atoms with van der Waals surface area (Å²) in [7, 11) is -2.13. The van der Waals surface area contributed by atoms with Crippen LogP contribution in [0.1, 0.15) is 29.8 Å². The molecule has 1 aliphatic heterocycles. The van der Waals surface area contributed by atoms with Crippen molar-refractivity contribution in [3.63, 3.8) is 0 Å². The maximum absolute atomic E-state index is 12.5. The van der Waals surface area contributed by atoms with Crippen LogP contribution >= 0.6 is 0 Å². The van der Waals surface area contributed by atoms with E-state index in [0.717, 1.165) is 19.3 Å². The molecule has 1 aromatic heterocycles. The second-order valence-electron chi connectivity index (χ2n) is 5.77. The summed E-state index contributed by atoms with van der Waals surface area (Å²) in [6.45, 7) is 0.965. The van der Waals surface area contributed by atoms with Gasteiger partial charge in [0.1, 0.15) is 5.75 Å². The third kappa shape index (κ3) is 3.85. The number of rotatable bonds is 5. The SMILES string of the molecule is COc1ccc(NC(=O)c2ccc(S(=O)(=O)N3CCCCC3)o2)cc1. The summed E-state index contributed by atoms with van der Waals surface area (Å²) < 4.78 is 36.8. The number of piperidine rings is 1. The molecule has 0 spiro atoms. The fourth-order valence-electron chi connectivity index (χ4n) is 2.68. The standard InChI is InChI=1S/C17H20N2O5S/c1-23-14-7-5-13(6-8-14)18-17(20)15-9-10-16(24-15)25(21,22)19-11-3-2-4-12-19/h5-10H,2-4,11-12H2,1H3,(H,18,20). The number of hydrogen-bond donors (Lipinski definition) is 1. The van der Waals surface area contributed by atoms with E-state index in [1.165, 1.54) is 16.4 Å². The normalized spacial score (nSPS) is 15.7. The second-order valence-corrected chi connectivity index (χ2v) is 7.63. The lowest BCUT2D eigenvalue weighted by Gasteiger charge is -2.24. The van der Waals surface area contributed by atoms with Crippen molar-refractivity contribution in [2.45, 2.75) is 24.4 Å². The summed E-state index contributed by atoms with van der Waals surface area (Å²) in [5.74, 6) is 0.113. The van der Waals surface area contributed by atoms with Crippen LogP contribution in [-0.4, -0.2) is 38.8 Å². The molecule has 1 amide bonds. The second kappa shape index (κ2) is 7.28. The number of amides is 1. The number of benzene rings is 1. The smallest absolute Gasteiger partial charge is 0.291 e. The van der Waals surface area contributed by atoms with Crippen LogP contribution in [0.25, 0.3) is 0 Å². The summed E-state index contributed by atoms with van der Waals surface area (Å²) >= 11 is 0. The number of carbonyl (C=O) groups is 1. The highest BCUT2D eigenvalue weighted by Gasteiger charge is 2.29. The maximum atomic E-state index is 12.5. The van der Waals surface area contributed by atoms with Crippen LogP contribution in [-0.2, 0) is 10.0 Å². The zero-order chi connectivity index (χ0) is 17.9. The number of hydrogen-bond acceptors (Lipinski definition) is 5. The Morgan fingerprint density at radius 2 is 1.76 bits per heavy atom. The summed E-state index contributed by atoms with van der Waals surface area (Å²) in [5, 5.41) is 2.46.